The molecule has 2 aromatic heterocycles. The number of pyridine rings is 1. The summed E-state index contributed by atoms with van der Waals surface area (Å²) < 4.78 is 4.92. The molecule has 3 aromatic rings. The third kappa shape index (κ3) is 3.81. The predicted molar refractivity (Wildman–Crippen MR) is 89.7 cm³/mol. The van der Waals surface area contributed by atoms with Gasteiger partial charge in [-0.2, -0.15) is 5.10 Å². The molecule has 0 spiro atoms. The number of methoxy groups -OCH3 is 1. The maximum absolute atomic E-state index is 12.1. The van der Waals surface area contributed by atoms with Gasteiger partial charge in [0.2, 0.25) is 5.88 Å². The molecule has 1 aromatic carbocycles. The van der Waals surface area contributed by atoms with Crippen LogP contribution >= 0.6 is 0 Å². The minimum absolute atomic E-state index is 0.229. The molecule has 0 atom stereocenters. The van der Waals surface area contributed by atoms with Gasteiger partial charge in [-0.1, -0.05) is 30.3 Å². The van der Waals surface area contributed by atoms with Crippen molar-refractivity contribution in [2.45, 2.75) is 0 Å². The summed E-state index contributed by atoms with van der Waals surface area (Å²) in [6.45, 7) is 0. The lowest BCUT2D eigenvalue weighted by Gasteiger charge is -2.06. The number of H-pyrrole nitrogens is 1. The molecule has 0 unspecified atom stereocenters. The molecule has 8 heteroatoms. The SMILES string of the molecule is COc1ccc(C(=O)NNC(=O)c2cc(-c3ccccc3)n[nH]2)cn1. The summed E-state index contributed by atoms with van der Waals surface area (Å²) in [4.78, 5) is 28.0. The van der Waals surface area contributed by atoms with Gasteiger partial charge in [0, 0.05) is 17.8 Å². The van der Waals surface area contributed by atoms with Gasteiger partial charge in [0.15, 0.2) is 0 Å². The van der Waals surface area contributed by atoms with E-state index in [4.69, 9.17) is 4.74 Å². The molecular formula is C17H15N5O3. The number of aromatic nitrogens is 3. The van der Waals surface area contributed by atoms with Gasteiger partial charge < -0.3 is 4.74 Å². The zero-order chi connectivity index (χ0) is 17.6. The smallest absolute Gasteiger partial charge is 0.287 e. The molecule has 0 aliphatic carbocycles. The van der Waals surface area contributed by atoms with E-state index in [1.807, 2.05) is 30.3 Å². The quantitative estimate of drug-likeness (QED) is 0.626. The summed E-state index contributed by atoms with van der Waals surface area (Å²) >= 11 is 0. The fraction of sp³-hybridized carbons (Fsp3) is 0.0588. The van der Waals surface area contributed by atoms with Gasteiger partial charge in [-0.3, -0.25) is 25.5 Å². The Bertz CT molecular complexity index is 875. The largest absolute Gasteiger partial charge is 0.481 e. The molecule has 2 amide bonds. The van der Waals surface area contributed by atoms with Crippen molar-refractivity contribution in [1.82, 2.24) is 26.0 Å². The standard InChI is InChI=1S/C17H15N5O3/c1-25-15-8-7-12(10-18-15)16(23)21-22-17(24)14-9-13(19-20-14)11-5-3-2-4-6-11/h2-10H,1H3,(H,19,20)(H,21,23)(H,22,24). The van der Waals surface area contributed by atoms with E-state index >= 15 is 0 Å². The number of benzene rings is 1. The number of carbonyl (C=O) groups is 2. The molecule has 0 radical (unpaired) electrons. The van der Waals surface area contributed by atoms with Crippen LogP contribution < -0.4 is 15.6 Å². The van der Waals surface area contributed by atoms with Crippen LogP contribution in [-0.2, 0) is 0 Å². The van der Waals surface area contributed by atoms with E-state index in [-0.39, 0.29) is 11.3 Å². The highest BCUT2D eigenvalue weighted by molar-refractivity contribution is 5.98. The predicted octanol–water partition coefficient (Wildman–Crippen LogP) is 1.56. The van der Waals surface area contributed by atoms with Crippen molar-refractivity contribution in [1.29, 1.82) is 0 Å². The number of carbonyl (C=O) groups excluding carboxylic acids is 2. The Kier molecular flexibility index (Phi) is 4.70. The average Bonchev–Trinajstić information content (AvgIpc) is 3.17. The minimum Gasteiger partial charge on any atom is -0.481 e. The number of aromatic amines is 1. The lowest BCUT2D eigenvalue weighted by atomic mass is 10.1. The second-order valence-electron chi connectivity index (χ2n) is 5.03. The van der Waals surface area contributed by atoms with E-state index in [9.17, 15) is 9.59 Å². The Labute approximate surface area is 143 Å². The number of hydrazine groups is 1. The number of hydrogen-bond donors (Lipinski definition) is 3. The molecule has 8 nitrogen and oxygen atoms in total. The highest BCUT2D eigenvalue weighted by atomic mass is 16.5. The van der Waals surface area contributed by atoms with Crippen molar-refractivity contribution >= 4 is 11.8 Å². The van der Waals surface area contributed by atoms with Crippen LogP contribution in [0.4, 0.5) is 0 Å². The van der Waals surface area contributed by atoms with E-state index in [1.54, 1.807) is 12.1 Å². The first-order valence-electron chi connectivity index (χ1n) is 7.39. The summed E-state index contributed by atoms with van der Waals surface area (Å²) in [6.07, 6.45) is 1.35. The summed E-state index contributed by atoms with van der Waals surface area (Å²) in [5.41, 5.74) is 6.67. The fourth-order valence-electron chi connectivity index (χ4n) is 2.08. The normalized spacial score (nSPS) is 10.1. The van der Waals surface area contributed by atoms with Crippen LogP contribution in [0.25, 0.3) is 11.3 Å². The van der Waals surface area contributed by atoms with E-state index in [0.29, 0.717) is 11.6 Å². The zero-order valence-corrected chi connectivity index (χ0v) is 13.3. The molecule has 2 heterocycles. The summed E-state index contributed by atoms with van der Waals surface area (Å²) in [7, 11) is 1.48. The van der Waals surface area contributed by atoms with Gasteiger partial charge in [-0.25, -0.2) is 4.98 Å². The molecule has 0 aliphatic rings. The molecule has 3 rings (SSSR count). The molecule has 126 valence electrons. The van der Waals surface area contributed by atoms with Crippen molar-refractivity contribution in [2.24, 2.45) is 0 Å². The monoisotopic (exact) mass is 337 g/mol. The molecule has 0 saturated carbocycles. The van der Waals surface area contributed by atoms with Crippen LogP contribution in [0.3, 0.4) is 0 Å². The Morgan fingerprint density at radius 3 is 2.48 bits per heavy atom. The van der Waals surface area contributed by atoms with Crippen molar-refractivity contribution in [3.05, 3.63) is 66.0 Å². The molecule has 25 heavy (non-hydrogen) atoms. The number of nitrogens with zero attached hydrogens (tertiary/aromatic N) is 2. The summed E-state index contributed by atoms with van der Waals surface area (Å²) in [6, 6.07) is 14.1. The first-order valence-corrected chi connectivity index (χ1v) is 7.39. The van der Waals surface area contributed by atoms with Crippen LogP contribution in [0.2, 0.25) is 0 Å². The van der Waals surface area contributed by atoms with Gasteiger partial charge >= 0.3 is 0 Å². The van der Waals surface area contributed by atoms with Gasteiger partial charge in [-0.05, 0) is 12.1 Å². The van der Waals surface area contributed by atoms with Crippen LogP contribution in [-0.4, -0.2) is 34.1 Å². The maximum atomic E-state index is 12.1. The van der Waals surface area contributed by atoms with Crippen molar-refractivity contribution in [2.75, 3.05) is 7.11 Å². The van der Waals surface area contributed by atoms with Crippen molar-refractivity contribution in [3.63, 3.8) is 0 Å². The first-order chi connectivity index (χ1) is 12.2. The third-order valence-corrected chi connectivity index (χ3v) is 3.39. The zero-order valence-electron chi connectivity index (χ0n) is 13.3. The maximum Gasteiger partial charge on any atom is 0.287 e. The molecule has 0 fully saturated rings. The second-order valence-corrected chi connectivity index (χ2v) is 5.03. The van der Waals surface area contributed by atoms with Crippen LogP contribution in [0, 0.1) is 0 Å². The van der Waals surface area contributed by atoms with E-state index < -0.39 is 11.8 Å². The Balaban J connectivity index is 1.60. The summed E-state index contributed by atoms with van der Waals surface area (Å²) in [5, 5.41) is 6.73. The molecule has 3 N–H and O–H groups in total. The summed E-state index contributed by atoms with van der Waals surface area (Å²) in [5.74, 6) is -0.609. The highest BCUT2D eigenvalue weighted by Crippen LogP contribution is 2.16. The van der Waals surface area contributed by atoms with Crippen molar-refractivity contribution in [3.8, 4) is 17.1 Å². The molecule has 0 bridgehead atoms. The minimum atomic E-state index is -0.510. The van der Waals surface area contributed by atoms with Crippen molar-refractivity contribution < 1.29 is 14.3 Å². The van der Waals surface area contributed by atoms with Crippen LogP contribution in [0.15, 0.2) is 54.7 Å². The fourth-order valence-corrected chi connectivity index (χ4v) is 2.08. The van der Waals surface area contributed by atoms with E-state index in [2.05, 4.69) is 26.0 Å². The Morgan fingerprint density at radius 1 is 1.04 bits per heavy atom. The van der Waals surface area contributed by atoms with Crippen LogP contribution in [0.1, 0.15) is 20.8 Å². The van der Waals surface area contributed by atoms with Gasteiger partial charge in [0.1, 0.15) is 5.69 Å². The molecule has 0 aliphatic heterocycles. The lowest BCUT2D eigenvalue weighted by molar-refractivity contribution is 0.0843. The van der Waals surface area contributed by atoms with Crippen LogP contribution in [0.5, 0.6) is 5.88 Å². The third-order valence-electron chi connectivity index (χ3n) is 3.39. The highest BCUT2D eigenvalue weighted by Gasteiger charge is 2.13. The topological polar surface area (TPSA) is 109 Å². The Hall–Kier alpha value is -3.68. The van der Waals surface area contributed by atoms with Gasteiger partial charge in [0.05, 0.1) is 18.4 Å². The second kappa shape index (κ2) is 7.26. The average molecular weight is 337 g/mol. The van der Waals surface area contributed by atoms with E-state index in [0.717, 1.165) is 5.56 Å². The Morgan fingerprint density at radius 2 is 1.80 bits per heavy atom. The molecule has 0 saturated heterocycles. The van der Waals surface area contributed by atoms with E-state index in [1.165, 1.54) is 19.4 Å². The lowest BCUT2D eigenvalue weighted by Crippen LogP contribution is -2.41. The number of rotatable bonds is 4. The number of ether oxygens (including phenoxy) is 1. The van der Waals surface area contributed by atoms with Gasteiger partial charge in [0.25, 0.3) is 11.8 Å². The first kappa shape index (κ1) is 16.2. The number of nitrogens with one attached hydrogen (secondary N) is 3. The number of hydrogen-bond acceptors (Lipinski definition) is 5. The van der Waals surface area contributed by atoms with Gasteiger partial charge in [-0.15, -0.1) is 0 Å². The molecular weight excluding hydrogens is 322 g/mol. The number of amides is 2.